The number of amides is 1. The van der Waals surface area contributed by atoms with E-state index in [0.29, 0.717) is 36.7 Å². The van der Waals surface area contributed by atoms with Crippen LogP contribution in [0.25, 0.3) is 0 Å². The third-order valence-electron chi connectivity index (χ3n) is 10.4. The number of carbonyl (C=O) groups is 1. The van der Waals surface area contributed by atoms with Gasteiger partial charge < -0.3 is 4.90 Å². The lowest BCUT2D eigenvalue weighted by Gasteiger charge is -2.55. The average molecular weight is 595 g/mol. The number of aromatic nitrogens is 2. The number of likely N-dealkylation sites (tertiary alicyclic amines) is 1. The summed E-state index contributed by atoms with van der Waals surface area (Å²) in [5, 5.41) is -0.134. The quantitative estimate of drug-likeness (QED) is 0.464. The molecule has 10 heteroatoms. The summed E-state index contributed by atoms with van der Waals surface area (Å²) in [6.45, 7) is 14.2. The molecule has 1 aliphatic carbocycles. The molecule has 0 radical (unpaired) electrons. The van der Waals surface area contributed by atoms with Crippen LogP contribution >= 0.6 is 0 Å². The Bertz CT molecular complexity index is 1360. The zero-order valence-corrected chi connectivity index (χ0v) is 26.4. The Morgan fingerprint density at radius 1 is 0.976 bits per heavy atom. The first kappa shape index (κ1) is 29.7. The zero-order valence-electron chi connectivity index (χ0n) is 25.6. The van der Waals surface area contributed by atoms with E-state index >= 15 is 0 Å². The maximum Gasteiger partial charge on any atom is 0.257 e. The third-order valence-corrected chi connectivity index (χ3v) is 12.8. The van der Waals surface area contributed by atoms with Gasteiger partial charge in [-0.25, -0.2) is 22.7 Å². The molecule has 1 amide bonds. The van der Waals surface area contributed by atoms with Crippen molar-refractivity contribution in [3.05, 3.63) is 59.2 Å². The molecule has 0 N–H and O–H groups in total. The molecule has 1 unspecified atom stereocenters. The molecular weight excluding hydrogens is 548 g/mol. The number of hydrogen-bond acceptors (Lipinski definition) is 7. The Hall–Kier alpha value is -2.40. The summed E-state index contributed by atoms with van der Waals surface area (Å²) in [5.41, 5.74) is 3.51. The highest BCUT2D eigenvalue weighted by Gasteiger charge is 2.49. The van der Waals surface area contributed by atoms with Gasteiger partial charge in [0.05, 0.1) is 22.2 Å². The molecule has 1 saturated carbocycles. The Labute approximate surface area is 251 Å². The van der Waals surface area contributed by atoms with Crippen molar-refractivity contribution in [1.29, 1.82) is 0 Å². The van der Waals surface area contributed by atoms with Gasteiger partial charge in [0.2, 0.25) is 10.0 Å². The van der Waals surface area contributed by atoms with Gasteiger partial charge in [-0.3, -0.25) is 14.6 Å². The Kier molecular flexibility index (Phi) is 8.19. The molecule has 4 aliphatic rings. The number of aryl methyl sites for hydroxylation is 2. The van der Waals surface area contributed by atoms with Crippen LogP contribution < -0.4 is 0 Å². The fourth-order valence-corrected chi connectivity index (χ4v) is 9.38. The molecule has 228 valence electrons. The molecule has 6 rings (SSSR count). The largest absolute Gasteiger partial charge is 0.338 e. The maximum atomic E-state index is 13.4. The Morgan fingerprint density at radius 2 is 1.62 bits per heavy atom. The van der Waals surface area contributed by atoms with Crippen molar-refractivity contribution in [2.24, 2.45) is 5.92 Å². The van der Waals surface area contributed by atoms with Gasteiger partial charge in [0.1, 0.15) is 6.33 Å². The molecule has 4 fully saturated rings. The predicted octanol–water partition coefficient (Wildman–Crippen LogP) is 3.13. The molecule has 1 aromatic carbocycles. The summed E-state index contributed by atoms with van der Waals surface area (Å²) in [5.74, 6) is 0.402. The molecule has 4 heterocycles. The van der Waals surface area contributed by atoms with E-state index in [1.54, 1.807) is 4.31 Å². The topological polar surface area (TPSA) is 90.0 Å². The second-order valence-electron chi connectivity index (χ2n) is 13.3. The van der Waals surface area contributed by atoms with E-state index in [0.717, 1.165) is 76.2 Å². The van der Waals surface area contributed by atoms with Gasteiger partial charge >= 0.3 is 0 Å². The van der Waals surface area contributed by atoms with E-state index in [4.69, 9.17) is 0 Å². The standard InChI is InChI=1S/C32H46N6O3S/c1-23-19-36(32(4)12-14-35(15-13-32)31(39)30-24(2)33-22-34-25(30)3)16-17-38(23)29(18-26-8-6-5-7-9-26)27-20-37(21-27)42(40,41)28-10-11-28/h5-9,22-23,27-29H,10-21H2,1-4H3/t23?,29-/m0/s1. The number of piperazine rings is 1. The van der Waals surface area contributed by atoms with Crippen LogP contribution in [0.3, 0.4) is 0 Å². The number of benzene rings is 1. The van der Waals surface area contributed by atoms with Crippen molar-refractivity contribution in [2.45, 2.75) is 82.7 Å². The minimum atomic E-state index is -3.11. The molecule has 0 spiro atoms. The number of hydrogen-bond donors (Lipinski definition) is 0. The summed E-state index contributed by atoms with van der Waals surface area (Å²) >= 11 is 0. The lowest BCUT2D eigenvalue weighted by molar-refractivity contribution is -0.0480. The number of carbonyl (C=O) groups excluding carboxylic acids is 1. The van der Waals surface area contributed by atoms with Gasteiger partial charge in [0.25, 0.3) is 5.91 Å². The highest BCUT2D eigenvalue weighted by Crippen LogP contribution is 2.38. The Morgan fingerprint density at radius 3 is 2.21 bits per heavy atom. The molecule has 2 aromatic rings. The molecular formula is C32H46N6O3S. The molecule has 3 saturated heterocycles. The van der Waals surface area contributed by atoms with Gasteiger partial charge in [-0.2, -0.15) is 0 Å². The van der Waals surface area contributed by atoms with Crippen LogP contribution in [0, 0.1) is 19.8 Å². The lowest BCUT2D eigenvalue weighted by atomic mass is 9.84. The number of nitrogens with zero attached hydrogens (tertiary/aromatic N) is 6. The van der Waals surface area contributed by atoms with Gasteiger partial charge in [0.15, 0.2) is 0 Å². The van der Waals surface area contributed by atoms with E-state index in [2.05, 4.69) is 63.9 Å². The van der Waals surface area contributed by atoms with Crippen molar-refractivity contribution < 1.29 is 13.2 Å². The zero-order chi connectivity index (χ0) is 29.6. The number of piperidine rings is 1. The minimum absolute atomic E-state index is 0.0489. The normalized spacial score (nSPS) is 25.2. The smallest absolute Gasteiger partial charge is 0.257 e. The molecule has 42 heavy (non-hydrogen) atoms. The predicted molar refractivity (Wildman–Crippen MR) is 164 cm³/mol. The SMILES string of the molecule is Cc1ncnc(C)c1C(=O)N1CCC(C)(N2CCN([C@@H](Cc3ccccc3)C3CN(S(=O)(=O)C4CC4)C3)C(C)C2)CC1. The van der Waals surface area contributed by atoms with Crippen LogP contribution in [0.5, 0.6) is 0 Å². The maximum absolute atomic E-state index is 13.4. The highest BCUT2D eigenvalue weighted by molar-refractivity contribution is 7.90. The third kappa shape index (κ3) is 5.75. The van der Waals surface area contributed by atoms with Crippen LogP contribution in [0.4, 0.5) is 0 Å². The summed E-state index contributed by atoms with van der Waals surface area (Å²) in [6.07, 6.45) is 6.00. The fraction of sp³-hybridized carbons (Fsp3) is 0.656. The van der Waals surface area contributed by atoms with Crippen LogP contribution in [0.15, 0.2) is 36.7 Å². The van der Waals surface area contributed by atoms with E-state index in [1.807, 2.05) is 18.7 Å². The Balaban J connectivity index is 1.10. The van der Waals surface area contributed by atoms with Crippen molar-refractivity contribution in [3.63, 3.8) is 0 Å². The highest BCUT2D eigenvalue weighted by atomic mass is 32.2. The first-order valence-electron chi connectivity index (χ1n) is 15.7. The second-order valence-corrected chi connectivity index (χ2v) is 15.5. The summed E-state index contributed by atoms with van der Waals surface area (Å²) in [7, 11) is -3.11. The van der Waals surface area contributed by atoms with Gasteiger partial charge in [-0.15, -0.1) is 0 Å². The van der Waals surface area contributed by atoms with Crippen molar-refractivity contribution >= 4 is 15.9 Å². The van der Waals surface area contributed by atoms with E-state index < -0.39 is 10.0 Å². The summed E-state index contributed by atoms with van der Waals surface area (Å²) in [6, 6.07) is 11.3. The van der Waals surface area contributed by atoms with Gasteiger partial charge in [-0.05, 0) is 65.4 Å². The van der Waals surface area contributed by atoms with Crippen molar-refractivity contribution in [1.82, 2.24) is 29.0 Å². The molecule has 3 aliphatic heterocycles. The molecule has 0 bridgehead atoms. The van der Waals surface area contributed by atoms with E-state index in [9.17, 15) is 13.2 Å². The van der Waals surface area contributed by atoms with Crippen LogP contribution in [0.2, 0.25) is 0 Å². The van der Waals surface area contributed by atoms with Crippen LogP contribution in [-0.2, 0) is 16.4 Å². The van der Waals surface area contributed by atoms with Gasteiger partial charge in [-0.1, -0.05) is 30.3 Å². The second kappa shape index (κ2) is 11.6. The first-order chi connectivity index (χ1) is 20.1. The summed E-state index contributed by atoms with van der Waals surface area (Å²) in [4.78, 5) is 29.2. The summed E-state index contributed by atoms with van der Waals surface area (Å²) < 4.78 is 27.4. The lowest BCUT2D eigenvalue weighted by Crippen LogP contribution is -2.67. The van der Waals surface area contributed by atoms with Crippen LogP contribution in [-0.4, -0.2) is 112 Å². The van der Waals surface area contributed by atoms with Gasteiger partial charge in [0, 0.05) is 69.4 Å². The van der Waals surface area contributed by atoms with Crippen molar-refractivity contribution in [3.8, 4) is 0 Å². The number of sulfonamides is 1. The van der Waals surface area contributed by atoms with Crippen molar-refractivity contribution in [2.75, 3.05) is 45.8 Å². The molecule has 1 aromatic heterocycles. The monoisotopic (exact) mass is 594 g/mol. The van der Waals surface area contributed by atoms with Crippen LogP contribution in [0.1, 0.15) is 66.8 Å². The average Bonchev–Trinajstić information content (AvgIpc) is 3.79. The fourth-order valence-electron chi connectivity index (χ4n) is 7.43. The first-order valence-corrected chi connectivity index (χ1v) is 17.2. The molecule has 9 nitrogen and oxygen atoms in total. The van der Waals surface area contributed by atoms with E-state index in [-0.39, 0.29) is 16.7 Å². The minimum Gasteiger partial charge on any atom is -0.338 e. The number of rotatable bonds is 8. The molecule has 2 atom stereocenters. The van der Waals surface area contributed by atoms with E-state index in [1.165, 1.54) is 11.9 Å².